The summed E-state index contributed by atoms with van der Waals surface area (Å²) in [6, 6.07) is 3.83. The van der Waals surface area contributed by atoms with E-state index >= 15 is 0 Å². The number of hydrogen-bond acceptors (Lipinski definition) is 5. The van der Waals surface area contributed by atoms with Crippen LogP contribution in [0.2, 0.25) is 0 Å². The second-order valence-electron chi connectivity index (χ2n) is 6.60. The summed E-state index contributed by atoms with van der Waals surface area (Å²) < 4.78 is 7.25. The van der Waals surface area contributed by atoms with Crippen molar-refractivity contribution < 1.29 is 19.1 Å². The minimum Gasteiger partial charge on any atom is -0.452 e. The maximum atomic E-state index is 12.8. The number of fused-ring (bicyclic) bond motifs is 1. The van der Waals surface area contributed by atoms with Crippen LogP contribution in [0.1, 0.15) is 46.5 Å². The number of ether oxygens (including phenoxy) is 1. The Hall–Kier alpha value is -2.41. The van der Waals surface area contributed by atoms with Crippen molar-refractivity contribution >= 4 is 29.1 Å². The van der Waals surface area contributed by atoms with Crippen LogP contribution in [-0.2, 0) is 27.2 Å². The van der Waals surface area contributed by atoms with E-state index in [-0.39, 0.29) is 12.5 Å². The van der Waals surface area contributed by atoms with Gasteiger partial charge in [-0.05, 0) is 49.8 Å². The van der Waals surface area contributed by atoms with Crippen LogP contribution in [0, 0.1) is 0 Å². The molecule has 6 nitrogen and oxygen atoms in total. The Morgan fingerprint density at radius 2 is 1.85 bits per heavy atom. The molecule has 2 aromatic heterocycles. The summed E-state index contributed by atoms with van der Waals surface area (Å²) in [4.78, 5) is 39.0. The van der Waals surface area contributed by atoms with Crippen molar-refractivity contribution in [2.24, 2.45) is 0 Å². The second kappa shape index (κ2) is 7.07. The molecule has 26 heavy (non-hydrogen) atoms. The number of rotatable bonds is 4. The predicted octanol–water partition coefficient (Wildman–Crippen LogP) is 2.72. The summed E-state index contributed by atoms with van der Waals surface area (Å²) in [5, 5.41) is 0.844. The van der Waals surface area contributed by atoms with Crippen molar-refractivity contribution in [3.8, 4) is 5.00 Å². The molecule has 0 unspecified atom stereocenters. The van der Waals surface area contributed by atoms with Crippen molar-refractivity contribution in [1.29, 1.82) is 0 Å². The van der Waals surface area contributed by atoms with Crippen LogP contribution < -0.4 is 0 Å². The van der Waals surface area contributed by atoms with Gasteiger partial charge in [0.25, 0.3) is 5.91 Å². The van der Waals surface area contributed by atoms with Crippen LogP contribution in [0.3, 0.4) is 0 Å². The summed E-state index contributed by atoms with van der Waals surface area (Å²) in [5.41, 5.74) is 1.63. The van der Waals surface area contributed by atoms with E-state index < -0.39 is 11.9 Å². The molecule has 0 N–H and O–H groups in total. The summed E-state index contributed by atoms with van der Waals surface area (Å²) in [5.74, 6) is -1.10. The van der Waals surface area contributed by atoms with Crippen LogP contribution in [0.4, 0.5) is 0 Å². The monoisotopic (exact) mass is 372 g/mol. The van der Waals surface area contributed by atoms with E-state index in [1.54, 1.807) is 11.3 Å². The average Bonchev–Trinajstić information content (AvgIpc) is 3.37. The molecule has 136 valence electrons. The molecule has 1 saturated heterocycles. The Kier molecular flexibility index (Phi) is 4.63. The van der Waals surface area contributed by atoms with Gasteiger partial charge in [0.15, 0.2) is 6.61 Å². The molecule has 2 amide bonds. The van der Waals surface area contributed by atoms with Gasteiger partial charge in [-0.3, -0.25) is 14.5 Å². The fraction of sp³-hybridized carbons (Fsp3) is 0.421. The number of esters is 1. The van der Waals surface area contributed by atoms with Crippen molar-refractivity contribution in [3.63, 3.8) is 0 Å². The van der Waals surface area contributed by atoms with Gasteiger partial charge in [0.2, 0.25) is 5.91 Å². The molecule has 7 heteroatoms. The van der Waals surface area contributed by atoms with Gasteiger partial charge in [0.05, 0.1) is 5.56 Å². The van der Waals surface area contributed by atoms with Gasteiger partial charge in [0.1, 0.15) is 5.00 Å². The van der Waals surface area contributed by atoms with Crippen LogP contribution in [0.5, 0.6) is 0 Å². The summed E-state index contributed by atoms with van der Waals surface area (Å²) >= 11 is 1.62. The molecule has 2 aliphatic rings. The third-order valence-corrected chi connectivity index (χ3v) is 6.20. The fourth-order valence-corrected chi connectivity index (χ4v) is 4.95. The maximum absolute atomic E-state index is 12.8. The number of carbonyl (C=O) groups excluding carboxylic acids is 3. The molecule has 4 rings (SSSR count). The van der Waals surface area contributed by atoms with Crippen LogP contribution >= 0.6 is 11.3 Å². The standard InChI is InChI=1S/C19H20N2O4S/c22-15-8-5-11-21(15)16(23)12-25-19(24)17-13-6-1-2-7-14(13)26-18(17)20-9-3-4-10-20/h3-4,9-10H,1-2,5-8,11-12H2. The third-order valence-electron chi connectivity index (χ3n) is 4.90. The van der Waals surface area contributed by atoms with Crippen LogP contribution in [0.15, 0.2) is 24.5 Å². The highest BCUT2D eigenvalue weighted by atomic mass is 32.1. The molecule has 1 fully saturated rings. The molecule has 0 atom stereocenters. The van der Waals surface area contributed by atoms with Crippen molar-refractivity contribution in [2.75, 3.05) is 13.2 Å². The summed E-state index contributed by atoms with van der Waals surface area (Å²) in [7, 11) is 0. The minimum atomic E-state index is -0.479. The summed E-state index contributed by atoms with van der Waals surface area (Å²) in [6.07, 6.45) is 8.88. The molecule has 0 aromatic carbocycles. The lowest BCUT2D eigenvalue weighted by atomic mass is 9.95. The predicted molar refractivity (Wildman–Crippen MR) is 96.5 cm³/mol. The van der Waals surface area contributed by atoms with E-state index in [2.05, 4.69) is 0 Å². The Morgan fingerprint density at radius 1 is 1.08 bits per heavy atom. The number of hydrogen-bond donors (Lipinski definition) is 0. The molecule has 1 aliphatic carbocycles. The smallest absolute Gasteiger partial charge is 0.341 e. The molecule has 0 bridgehead atoms. The van der Waals surface area contributed by atoms with Crippen LogP contribution in [0.25, 0.3) is 5.00 Å². The van der Waals surface area contributed by atoms with Crippen LogP contribution in [-0.4, -0.2) is 40.4 Å². The first-order valence-corrected chi connectivity index (χ1v) is 9.75. The maximum Gasteiger partial charge on any atom is 0.341 e. The van der Waals surface area contributed by atoms with Crippen molar-refractivity contribution in [1.82, 2.24) is 9.47 Å². The Balaban J connectivity index is 1.56. The highest BCUT2D eigenvalue weighted by Crippen LogP contribution is 2.37. The van der Waals surface area contributed by atoms with Gasteiger partial charge in [-0.15, -0.1) is 11.3 Å². The first-order chi connectivity index (χ1) is 12.6. The normalized spacial score (nSPS) is 16.6. The minimum absolute atomic E-state index is 0.188. The lowest BCUT2D eigenvalue weighted by molar-refractivity contribution is -0.143. The van der Waals surface area contributed by atoms with Crippen molar-refractivity contribution in [3.05, 3.63) is 40.5 Å². The van der Waals surface area contributed by atoms with E-state index in [4.69, 9.17) is 4.74 Å². The van der Waals surface area contributed by atoms with E-state index in [0.717, 1.165) is 36.2 Å². The van der Waals surface area contributed by atoms with E-state index in [1.165, 1.54) is 9.78 Å². The fourth-order valence-electron chi connectivity index (χ4n) is 3.60. The Labute approximate surface area is 155 Å². The molecule has 0 radical (unpaired) electrons. The zero-order valence-electron chi connectivity index (χ0n) is 14.4. The average molecular weight is 372 g/mol. The highest BCUT2D eigenvalue weighted by Gasteiger charge is 2.30. The Bertz CT molecular complexity index is 853. The second-order valence-corrected chi connectivity index (χ2v) is 7.68. The molecular weight excluding hydrogens is 352 g/mol. The largest absolute Gasteiger partial charge is 0.452 e. The lowest BCUT2D eigenvalue weighted by Gasteiger charge is -2.15. The Morgan fingerprint density at radius 3 is 2.58 bits per heavy atom. The number of amides is 2. The molecule has 1 aliphatic heterocycles. The van der Waals surface area contributed by atoms with Gasteiger partial charge in [0, 0.05) is 30.2 Å². The lowest BCUT2D eigenvalue weighted by Crippen LogP contribution is -2.35. The number of imide groups is 1. The molecular formula is C19H20N2O4S. The van der Waals surface area contributed by atoms with Gasteiger partial charge in [-0.2, -0.15) is 0 Å². The van der Waals surface area contributed by atoms with Gasteiger partial charge >= 0.3 is 5.97 Å². The topological polar surface area (TPSA) is 68.6 Å². The van der Waals surface area contributed by atoms with E-state index in [0.29, 0.717) is 24.9 Å². The van der Waals surface area contributed by atoms with E-state index in [9.17, 15) is 14.4 Å². The summed E-state index contributed by atoms with van der Waals surface area (Å²) in [6.45, 7) is 0.0258. The number of aromatic nitrogens is 1. The SMILES string of the molecule is O=C(OCC(=O)N1CCCC1=O)c1c(-n2cccc2)sc2c1CCCC2. The number of nitrogens with zero attached hydrogens (tertiary/aromatic N) is 2. The zero-order chi connectivity index (χ0) is 18.1. The molecule has 2 aromatic rings. The van der Waals surface area contributed by atoms with Gasteiger partial charge in [-0.1, -0.05) is 0 Å². The van der Waals surface area contributed by atoms with Gasteiger partial charge < -0.3 is 9.30 Å². The first-order valence-electron chi connectivity index (χ1n) is 8.93. The number of thiophene rings is 1. The van der Waals surface area contributed by atoms with Gasteiger partial charge in [-0.25, -0.2) is 4.79 Å². The molecule has 0 spiro atoms. The highest BCUT2D eigenvalue weighted by molar-refractivity contribution is 7.15. The molecule has 3 heterocycles. The van der Waals surface area contributed by atoms with E-state index in [1.807, 2.05) is 29.1 Å². The third kappa shape index (κ3) is 3.07. The quantitative estimate of drug-likeness (QED) is 0.774. The first kappa shape index (κ1) is 17.0. The number of likely N-dealkylation sites (tertiary alicyclic amines) is 1. The van der Waals surface area contributed by atoms with Crippen molar-refractivity contribution in [2.45, 2.75) is 38.5 Å². The zero-order valence-corrected chi connectivity index (χ0v) is 15.2. The number of carbonyl (C=O) groups is 3. The number of aryl methyl sites for hydroxylation is 1. The molecule has 0 saturated carbocycles.